The number of ether oxygens (including phenoxy) is 1. The van der Waals surface area contributed by atoms with E-state index in [9.17, 15) is 14.4 Å². The smallest absolute Gasteiger partial charge is 0.359 e. The average Bonchev–Trinajstić information content (AvgIpc) is 2.81. The number of unbranched alkanes of at least 4 members (excludes halogenated alkanes) is 3. The Morgan fingerprint density at radius 1 is 1.00 bits per heavy atom. The second kappa shape index (κ2) is 9.81. The molecule has 2 aromatic heterocycles. The van der Waals surface area contributed by atoms with Crippen molar-refractivity contribution in [3.8, 4) is 0 Å². The largest absolute Gasteiger partial charge is 0.456 e. The van der Waals surface area contributed by atoms with Crippen LogP contribution in [0.25, 0.3) is 21.7 Å². The van der Waals surface area contributed by atoms with Crippen LogP contribution >= 0.6 is 0 Å². The van der Waals surface area contributed by atoms with Crippen LogP contribution in [0.2, 0.25) is 0 Å². The maximum Gasteiger partial charge on any atom is 0.359 e. The van der Waals surface area contributed by atoms with E-state index in [1.165, 1.54) is 10.7 Å². The highest BCUT2D eigenvalue weighted by molar-refractivity contribution is 6.02. The molecule has 0 atom stereocenters. The fraction of sp³-hybridized carbons (Fsp3) is 0.308. The van der Waals surface area contributed by atoms with Crippen LogP contribution in [0.1, 0.15) is 54.2 Å². The summed E-state index contributed by atoms with van der Waals surface area (Å²) in [6, 6.07) is 13.7. The Hall–Kier alpha value is -3.74. The second-order valence-electron chi connectivity index (χ2n) is 8.15. The van der Waals surface area contributed by atoms with E-state index in [-0.39, 0.29) is 17.9 Å². The molecule has 0 N–H and O–H groups in total. The second-order valence-corrected chi connectivity index (χ2v) is 8.15. The standard InChI is InChI=1S/C26H26N2O5/c1-3-4-5-8-13-28-25(30)21-10-7-6-9-20(21)24(27-28)26(31)32-16-18-15-23(29)33-22-14-17(2)11-12-19(18)22/h6-7,9-12,14-15H,3-5,8,13,16H2,1-2H3. The molecule has 170 valence electrons. The summed E-state index contributed by atoms with van der Waals surface area (Å²) in [7, 11) is 0. The van der Waals surface area contributed by atoms with Gasteiger partial charge in [-0.2, -0.15) is 5.10 Å². The van der Waals surface area contributed by atoms with E-state index < -0.39 is 11.6 Å². The Bertz CT molecular complexity index is 1430. The third kappa shape index (κ3) is 4.87. The zero-order chi connectivity index (χ0) is 23.4. The van der Waals surface area contributed by atoms with Gasteiger partial charge in [-0.3, -0.25) is 4.79 Å². The first-order valence-electron chi connectivity index (χ1n) is 11.2. The zero-order valence-corrected chi connectivity index (χ0v) is 18.8. The van der Waals surface area contributed by atoms with Crippen molar-refractivity contribution in [1.82, 2.24) is 9.78 Å². The predicted octanol–water partition coefficient (Wildman–Crippen LogP) is 4.75. The van der Waals surface area contributed by atoms with Gasteiger partial charge in [-0.15, -0.1) is 0 Å². The van der Waals surface area contributed by atoms with Gasteiger partial charge in [0.05, 0.1) is 5.39 Å². The first-order chi connectivity index (χ1) is 16.0. The first kappa shape index (κ1) is 22.5. The van der Waals surface area contributed by atoms with Gasteiger partial charge in [0, 0.05) is 28.9 Å². The fourth-order valence-electron chi connectivity index (χ4n) is 3.89. The lowest BCUT2D eigenvalue weighted by atomic mass is 10.1. The van der Waals surface area contributed by atoms with Gasteiger partial charge in [0.25, 0.3) is 5.56 Å². The number of carbonyl (C=O) groups is 1. The Kier molecular flexibility index (Phi) is 6.68. The number of fused-ring (bicyclic) bond motifs is 2. The van der Waals surface area contributed by atoms with Gasteiger partial charge in [-0.1, -0.05) is 56.5 Å². The maximum atomic E-state index is 13.0. The van der Waals surface area contributed by atoms with Crippen molar-refractivity contribution in [2.45, 2.75) is 52.7 Å². The molecular formula is C26H26N2O5. The van der Waals surface area contributed by atoms with Crippen LogP contribution in [-0.4, -0.2) is 15.7 Å². The van der Waals surface area contributed by atoms with Crippen molar-refractivity contribution >= 4 is 27.7 Å². The minimum absolute atomic E-state index is 0.0869. The Balaban J connectivity index is 1.64. The molecular weight excluding hydrogens is 420 g/mol. The van der Waals surface area contributed by atoms with Crippen LogP contribution in [0.15, 0.2) is 62.5 Å². The van der Waals surface area contributed by atoms with E-state index in [4.69, 9.17) is 9.15 Å². The van der Waals surface area contributed by atoms with Gasteiger partial charge in [0.15, 0.2) is 5.69 Å². The molecule has 0 saturated carbocycles. The molecule has 2 aromatic carbocycles. The van der Waals surface area contributed by atoms with Crippen LogP contribution in [0, 0.1) is 6.92 Å². The molecule has 0 aliphatic carbocycles. The maximum absolute atomic E-state index is 13.0. The van der Waals surface area contributed by atoms with Crippen molar-refractivity contribution in [2.24, 2.45) is 0 Å². The lowest BCUT2D eigenvalue weighted by molar-refractivity contribution is 0.0466. The van der Waals surface area contributed by atoms with Crippen molar-refractivity contribution in [1.29, 1.82) is 0 Å². The van der Waals surface area contributed by atoms with E-state index in [0.29, 0.717) is 33.8 Å². The van der Waals surface area contributed by atoms with Crippen molar-refractivity contribution < 1.29 is 13.9 Å². The highest BCUT2D eigenvalue weighted by Crippen LogP contribution is 2.20. The molecule has 4 aromatic rings. The average molecular weight is 447 g/mol. The summed E-state index contributed by atoms with van der Waals surface area (Å²) in [4.78, 5) is 37.9. The van der Waals surface area contributed by atoms with Crippen LogP contribution in [0.3, 0.4) is 0 Å². The first-order valence-corrected chi connectivity index (χ1v) is 11.2. The summed E-state index contributed by atoms with van der Waals surface area (Å²) in [5, 5.41) is 5.93. The number of hydrogen-bond acceptors (Lipinski definition) is 6. The molecule has 0 amide bonds. The molecule has 7 heteroatoms. The van der Waals surface area contributed by atoms with Gasteiger partial charge in [0.1, 0.15) is 12.2 Å². The summed E-state index contributed by atoms with van der Waals surface area (Å²) >= 11 is 0. The van der Waals surface area contributed by atoms with Gasteiger partial charge in [0.2, 0.25) is 0 Å². The molecule has 0 radical (unpaired) electrons. The molecule has 0 aliphatic rings. The molecule has 7 nitrogen and oxygen atoms in total. The third-order valence-electron chi connectivity index (χ3n) is 5.63. The Labute approximate surface area is 190 Å². The highest BCUT2D eigenvalue weighted by Gasteiger charge is 2.19. The number of aryl methyl sites for hydroxylation is 2. The molecule has 0 saturated heterocycles. The molecule has 0 spiro atoms. The highest BCUT2D eigenvalue weighted by atomic mass is 16.5. The lowest BCUT2D eigenvalue weighted by Crippen LogP contribution is -2.26. The van der Waals surface area contributed by atoms with Gasteiger partial charge < -0.3 is 9.15 Å². The molecule has 0 aliphatic heterocycles. The van der Waals surface area contributed by atoms with Crippen LogP contribution < -0.4 is 11.2 Å². The Morgan fingerprint density at radius 3 is 2.58 bits per heavy atom. The summed E-state index contributed by atoms with van der Waals surface area (Å²) in [5.74, 6) is -0.651. The summed E-state index contributed by atoms with van der Waals surface area (Å²) in [6.45, 7) is 4.35. The topological polar surface area (TPSA) is 91.4 Å². The predicted molar refractivity (Wildman–Crippen MR) is 126 cm³/mol. The quantitative estimate of drug-likeness (QED) is 0.220. The third-order valence-corrected chi connectivity index (χ3v) is 5.63. The number of benzene rings is 2. The number of nitrogens with zero attached hydrogens (tertiary/aromatic N) is 2. The van der Waals surface area contributed by atoms with Gasteiger partial charge >= 0.3 is 11.6 Å². The van der Waals surface area contributed by atoms with Crippen molar-refractivity contribution in [2.75, 3.05) is 0 Å². The summed E-state index contributed by atoms with van der Waals surface area (Å²) in [6.07, 6.45) is 3.96. The van der Waals surface area contributed by atoms with E-state index in [0.717, 1.165) is 31.2 Å². The van der Waals surface area contributed by atoms with Gasteiger partial charge in [-0.25, -0.2) is 14.3 Å². The molecule has 2 heterocycles. The van der Waals surface area contributed by atoms with Crippen LogP contribution in [0.5, 0.6) is 0 Å². The lowest BCUT2D eigenvalue weighted by Gasteiger charge is -2.11. The molecule has 0 unspecified atom stereocenters. The minimum Gasteiger partial charge on any atom is -0.456 e. The molecule has 0 bridgehead atoms. The van der Waals surface area contributed by atoms with Gasteiger partial charge in [-0.05, 0) is 31.0 Å². The van der Waals surface area contributed by atoms with Crippen LogP contribution in [-0.2, 0) is 17.9 Å². The van der Waals surface area contributed by atoms with Crippen molar-refractivity contribution in [3.63, 3.8) is 0 Å². The van der Waals surface area contributed by atoms with E-state index in [2.05, 4.69) is 12.0 Å². The van der Waals surface area contributed by atoms with E-state index in [1.807, 2.05) is 19.1 Å². The number of rotatable bonds is 8. The fourth-order valence-corrected chi connectivity index (χ4v) is 3.89. The van der Waals surface area contributed by atoms with E-state index >= 15 is 0 Å². The minimum atomic E-state index is -0.651. The molecule has 33 heavy (non-hydrogen) atoms. The number of carbonyl (C=O) groups excluding carboxylic acids is 1. The molecule has 0 fully saturated rings. The van der Waals surface area contributed by atoms with Crippen LogP contribution in [0.4, 0.5) is 0 Å². The monoisotopic (exact) mass is 446 g/mol. The number of esters is 1. The summed E-state index contributed by atoms with van der Waals surface area (Å²) in [5.41, 5.74) is 1.30. The normalized spacial score (nSPS) is 11.2. The SMILES string of the molecule is CCCCCCn1nc(C(=O)OCc2cc(=O)oc3cc(C)ccc23)c2ccccc2c1=O. The van der Waals surface area contributed by atoms with Crippen molar-refractivity contribution in [3.05, 3.63) is 86.1 Å². The number of hydrogen-bond donors (Lipinski definition) is 0. The van der Waals surface area contributed by atoms with E-state index in [1.54, 1.807) is 30.3 Å². The molecule has 4 rings (SSSR count). The Morgan fingerprint density at radius 2 is 1.79 bits per heavy atom. The number of aromatic nitrogens is 2. The summed E-state index contributed by atoms with van der Waals surface area (Å²) < 4.78 is 12.2. The zero-order valence-electron chi connectivity index (χ0n) is 18.8.